The van der Waals surface area contributed by atoms with E-state index in [1.165, 1.54) is 0 Å². The van der Waals surface area contributed by atoms with Gasteiger partial charge in [-0.2, -0.15) is 0 Å². The van der Waals surface area contributed by atoms with Crippen LogP contribution >= 0.6 is 15.9 Å². The number of hydrogen-bond acceptors (Lipinski definition) is 5. The van der Waals surface area contributed by atoms with Gasteiger partial charge in [-0.1, -0.05) is 15.9 Å². The fraction of sp³-hybridized carbons (Fsp3) is 0.235. The van der Waals surface area contributed by atoms with Crippen molar-refractivity contribution in [3.8, 4) is 17.2 Å². The van der Waals surface area contributed by atoms with Crippen molar-refractivity contribution in [1.29, 1.82) is 0 Å². The molecule has 0 radical (unpaired) electrons. The molecule has 0 atom stereocenters. The number of rotatable bonds is 4. The van der Waals surface area contributed by atoms with Crippen LogP contribution in [-0.4, -0.2) is 26.3 Å². The van der Waals surface area contributed by atoms with Crippen LogP contribution in [0.15, 0.2) is 40.9 Å². The van der Waals surface area contributed by atoms with Crippen molar-refractivity contribution in [2.45, 2.75) is 6.61 Å². The number of ether oxygens (including phenoxy) is 4. The lowest BCUT2D eigenvalue weighted by molar-refractivity contribution is 0.0471. The normalized spacial score (nSPS) is 12.6. The van der Waals surface area contributed by atoms with Gasteiger partial charge >= 0.3 is 5.97 Å². The average Bonchev–Trinajstić information content (AvgIpc) is 2.59. The van der Waals surface area contributed by atoms with E-state index in [0.717, 1.165) is 10.0 Å². The van der Waals surface area contributed by atoms with E-state index in [0.29, 0.717) is 36.0 Å². The van der Waals surface area contributed by atoms with E-state index < -0.39 is 5.97 Å². The second-order valence-electron chi connectivity index (χ2n) is 4.89. The lowest BCUT2D eigenvalue weighted by Crippen LogP contribution is -2.15. The standard InChI is InChI=1S/C17H15BrO5/c1-20-13-4-2-11(3-5-13)17(19)23-10-12-8-15-16(9-14(12)18)22-7-6-21-15/h2-5,8-9H,6-7,10H2,1H3. The van der Waals surface area contributed by atoms with Crippen molar-refractivity contribution >= 4 is 21.9 Å². The van der Waals surface area contributed by atoms with E-state index in [1.807, 2.05) is 12.1 Å². The van der Waals surface area contributed by atoms with Gasteiger partial charge in [-0.15, -0.1) is 0 Å². The summed E-state index contributed by atoms with van der Waals surface area (Å²) in [6, 6.07) is 10.4. The highest BCUT2D eigenvalue weighted by molar-refractivity contribution is 9.10. The first-order valence-electron chi connectivity index (χ1n) is 7.06. The van der Waals surface area contributed by atoms with Gasteiger partial charge in [0, 0.05) is 10.0 Å². The summed E-state index contributed by atoms with van der Waals surface area (Å²) in [6.07, 6.45) is 0. The molecule has 0 unspecified atom stereocenters. The molecule has 5 nitrogen and oxygen atoms in total. The minimum atomic E-state index is -0.394. The van der Waals surface area contributed by atoms with Crippen molar-refractivity contribution in [3.05, 3.63) is 52.0 Å². The van der Waals surface area contributed by atoms with E-state index in [4.69, 9.17) is 18.9 Å². The number of hydrogen-bond donors (Lipinski definition) is 0. The van der Waals surface area contributed by atoms with Crippen molar-refractivity contribution in [1.82, 2.24) is 0 Å². The first-order valence-corrected chi connectivity index (χ1v) is 7.86. The fourth-order valence-electron chi connectivity index (χ4n) is 2.17. The Morgan fingerprint density at radius 3 is 2.43 bits per heavy atom. The number of carbonyl (C=O) groups excluding carboxylic acids is 1. The molecule has 0 aromatic heterocycles. The molecule has 0 bridgehead atoms. The Morgan fingerprint density at radius 2 is 1.78 bits per heavy atom. The Morgan fingerprint density at radius 1 is 1.13 bits per heavy atom. The monoisotopic (exact) mass is 378 g/mol. The maximum atomic E-state index is 12.1. The van der Waals surface area contributed by atoms with Gasteiger partial charge in [-0.05, 0) is 36.4 Å². The van der Waals surface area contributed by atoms with Gasteiger partial charge in [0.15, 0.2) is 11.5 Å². The maximum absolute atomic E-state index is 12.1. The molecule has 0 amide bonds. The summed E-state index contributed by atoms with van der Waals surface area (Å²) < 4.78 is 22.3. The summed E-state index contributed by atoms with van der Waals surface area (Å²) in [5, 5.41) is 0. The van der Waals surface area contributed by atoms with Crippen molar-refractivity contribution in [2.75, 3.05) is 20.3 Å². The van der Waals surface area contributed by atoms with E-state index in [9.17, 15) is 4.79 Å². The zero-order valence-electron chi connectivity index (χ0n) is 12.5. The molecule has 0 N–H and O–H groups in total. The minimum Gasteiger partial charge on any atom is -0.497 e. The van der Waals surface area contributed by atoms with Gasteiger partial charge < -0.3 is 18.9 Å². The Labute approximate surface area is 142 Å². The van der Waals surface area contributed by atoms with Crippen LogP contribution in [0.2, 0.25) is 0 Å². The third-order valence-electron chi connectivity index (χ3n) is 3.40. The zero-order chi connectivity index (χ0) is 16.2. The van der Waals surface area contributed by atoms with Crippen molar-refractivity contribution in [2.24, 2.45) is 0 Å². The van der Waals surface area contributed by atoms with Gasteiger partial charge in [0.1, 0.15) is 25.6 Å². The molecule has 0 saturated carbocycles. The Hall–Kier alpha value is -2.21. The highest BCUT2D eigenvalue weighted by Crippen LogP contribution is 2.35. The number of fused-ring (bicyclic) bond motifs is 1. The topological polar surface area (TPSA) is 54.0 Å². The Bertz CT molecular complexity index is 712. The molecular formula is C17H15BrO5. The summed E-state index contributed by atoms with van der Waals surface area (Å²) in [5.41, 5.74) is 1.29. The third kappa shape index (κ3) is 3.59. The summed E-state index contributed by atoms with van der Waals surface area (Å²) in [4.78, 5) is 12.1. The van der Waals surface area contributed by atoms with Gasteiger partial charge in [0.05, 0.1) is 12.7 Å². The molecule has 0 saturated heterocycles. The van der Waals surface area contributed by atoms with Crippen LogP contribution in [0.3, 0.4) is 0 Å². The highest BCUT2D eigenvalue weighted by atomic mass is 79.9. The Balaban J connectivity index is 1.68. The zero-order valence-corrected chi connectivity index (χ0v) is 14.1. The second kappa shape index (κ2) is 6.91. The van der Waals surface area contributed by atoms with Crippen molar-refractivity contribution in [3.63, 3.8) is 0 Å². The molecular weight excluding hydrogens is 364 g/mol. The molecule has 23 heavy (non-hydrogen) atoms. The third-order valence-corrected chi connectivity index (χ3v) is 4.13. The smallest absolute Gasteiger partial charge is 0.338 e. The maximum Gasteiger partial charge on any atom is 0.338 e. The molecule has 6 heteroatoms. The molecule has 1 aliphatic rings. The molecule has 120 valence electrons. The van der Waals surface area contributed by atoms with Crippen LogP contribution in [0.1, 0.15) is 15.9 Å². The molecule has 1 heterocycles. The lowest BCUT2D eigenvalue weighted by atomic mass is 10.2. The Kier molecular flexibility index (Phi) is 4.71. The van der Waals surface area contributed by atoms with Gasteiger partial charge in [0.25, 0.3) is 0 Å². The first-order chi connectivity index (χ1) is 11.2. The lowest BCUT2D eigenvalue weighted by Gasteiger charge is -2.19. The van der Waals surface area contributed by atoms with Gasteiger partial charge in [-0.25, -0.2) is 4.79 Å². The SMILES string of the molecule is COc1ccc(C(=O)OCc2cc3c(cc2Br)OCCO3)cc1. The van der Waals surface area contributed by atoms with Crippen LogP contribution in [0, 0.1) is 0 Å². The molecule has 2 aromatic carbocycles. The van der Waals surface area contributed by atoms with Crippen LogP contribution in [0.4, 0.5) is 0 Å². The second-order valence-corrected chi connectivity index (χ2v) is 5.75. The van der Waals surface area contributed by atoms with E-state index in [-0.39, 0.29) is 6.61 Å². The number of esters is 1. The van der Waals surface area contributed by atoms with Crippen LogP contribution in [-0.2, 0) is 11.3 Å². The largest absolute Gasteiger partial charge is 0.497 e. The van der Waals surface area contributed by atoms with Gasteiger partial charge in [-0.3, -0.25) is 0 Å². The number of methoxy groups -OCH3 is 1. The molecule has 0 spiro atoms. The van der Waals surface area contributed by atoms with Crippen LogP contribution in [0.25, 0.3) is 0 Å². The van der Waals surface area contributed by atoms with E-state index in [1.54, 1.807) is 31.4 Å². The predicted molar refractivity (Wildman–Crippen MR) is 87.2 cm³/mol. The molecule has 0 fully saturated rings. The first kappa shape index (κ1) is 15.7. The fourth-order valence-corrected chi connectivity index (χ4v) is 2.61. The summed E-state index contributed by atoms with van der Waals surface area (Å²) >= 11 is 3.46. The van der Waals surface area contributed by atoms with E-state index >= 15 is 0 Å². The molecule has 1 aliphatic heterocycles. The summed E-state index contributed by atoms with van der Waals surface area (Å²) in [7, 11) is 1.58. The predicted octanol–water partition coefficient (Wildman–Crippen LogP) is 3.59. The molecule has 2 aromatic rings. The quantitative estimate of drug-likeness (QED) is 0.761. The van der Waals surface area contributed by atoms with Crippen LogP contribution in [0.5, 0.6) is 17.2 Å². The van der Waals surface area contributed by atoms with Crippen molar-refractivity contribution < 1.29 is 23.7 Å². The molecule has 3 rings (SSSR count). The van der Waals surface area contributed by atoms with Crippen LogP contribution < -0.4 is 14.2 Å². The van der Waals surface area contributed by atoms with Gasteiger partial charge in [0.2, 0.25) is 0 Å². The number of halogens is 1. The summed E-state index contributed by atoms with van der Waals surface area (Å²) in [6.45, 7) is 1.19. The number of benzene rings is 2. The summed E-state index contributed by atoms with van der Waals surface area (Å²) in [5.74, 6) is 1.65. The molecule has 0 aliphatic carbocycles. The highest BCUT2D eigenvalue weighted by Gasteiger charge is 2.16. The minimum absolute atomic E-state index is 0.141. The van der Waals surface area contributed by atoms with E-state index in [2.05, 4.69) is 15.9 Å². The average molecular weight is 379 g/mol. The number of carbonyl (C=O) groups is 1.